The fourth-order valence-corrected chi connectivity index (χ4v) is 4.09. The maximum Gasteiger partial charge on any atom is 0.273 e. The molecule has 0 fully saturated rings. The third kappa shape index (κ3) is 3.13. The van der Waals surface area contributed by atoms with Gasteiger partial charge in [-0.1, -0.05) is 41.9 Å². The molecule has 0 aliphatic carbocycles. The van der Waals surface area contributed by atoms with E-state index in [-0.39, 0.29) is 5.91 Å². The van der Waals surface area contributed by atoms with E-state index in [2.05, 4.69) is 45.2 Å². The molecule has 1 amide bonds. The highest BCUT2D eigenvalue weighted by Crippen LogP contribution is 2.31. The first-order valence-electron chi connectivity index (χ1n) is 9.77. The number of nitrogens with zero attached hydrogens (tertiary/aromatic N) is 2. The van der Waals surface area contributed by atoms with Crippen molar-refractivity contribution in [3.8, 4) is 11.3 Å². The number of benzene rings is 3. The largest absolute Gasteiger partial charge is 0.341 e. The first-order chi connectivity index (χ1) is 14.6. The van der Waals surface area contributed by atoms with Crippen molar-refractivity contribution >= 4 is 45.0 Å². The predicted molar refractivity (Wildman–Crippen MR) is 122 cm³/mol. The quantitative estimate of drug-likeness (QED) is 0.372. The van der Waals surface area contributed by atoms with Crippen molar-refractivity contribution in [2.24, 2.45) is 0 Å². The second-order valence-electron chi connectivity index (χ2n) is 7.12. The number of fused-ring (bicyclic) bond motifs is 3. The molecule has 0 atom stereocenters. The molecule has 148 valence electrons. The summed E-state index contributed by atoms with van der Waals surface area (Å²) in [6, 6.07) is 23.4. The fraction of sp³-hybridized carbons (Fsp3) is 0.0833. The zero-order valence-corrected chi connectivity index (χ0v) is 17.1. The lowest BCUT2D eigenvalue weighted by molar-refractivity contribution is 0.102. The van der Waals surface area contributed by atoms with Crippen LogP contribution in [0.1, 0.15) is 17.4 Å². The van der Waals surface area contributed by atoms with Gasteiger partial charge in [-0.2, -0.15) is 5.10 Å². The van der Waals surface area contributed by atoms with Crippen LogP contribution >= 0.6 is 11.6 Å². The molecule has 2 N–H and O–H groups in total. The summed E-state index contributed by atoms with van der Waals surface area (Å²) < 4.78 is 2.28. The average Bonchev–Trinajstić information content (AvgIpc) is 3.37. The number of hydrogen-bond donors (Lipinski definition) is 2. The topological polar surface area (TPSA) is 62.7 Å². The van der Waals surface area contributed by atoms with Crippen LogP contribution in [0.2, 0.25) is 5.02 Å². The summed E-state index contributed by atoms with van der Waals surface area (Å²) in [7, 11) is 0. The minimum atomic E-state index is -0.241. The first-order valence-corrected chi connectivity index (χ1v) is 10.2. The fourth-order valence-electron chi connectivity index (χ4n) is 3.90. The Morgan fingerprint density at radius 3 is 2.67 bits per heavy atom. The number of amides is 1. The second-order valence-corrected chi connectivity index (χ2v) is 7.56. The van der Waals surface area contributed by atoms with Crippen molar-refractivity contribution in [1.82, 2.24) is 14.8 Å². The summed E-state index contributed by atoms with van der Waals surface area (Å²) in [5.41, 5.74) is 5.00. The van der Waals surface area contributed by atoms with E-state index in [1.165, 1.54) is 10.9 Å². The number of aromatic nitrogens is 3. The molecule has 5 rings (SSSR count). The van der Waals surface area contributed by atoms with E-state index in [0.29, 0.717) is 16.4 Å². The van der Waals surface area contributed by atoms with Crippen LogP contribution in [0.15, 0.2) is 72.8 Å². The average molecular weight is 415 g/mol. The Hall–Kier alpha value is -3.57. The Kier molecular flexibility index (Phi) is 4.52. The summed E-state index contributed by atoms with van der Waals surface area (Å²) >= 11 is 6.05. The van der Waals surface area contributed by atoms with Crippen LogP contribution in [0.4, 0.5) is 5.69 Å². The van der Waals surface area contributed by atoms with Gasteiger partial charge in [0.25, 0.3) is 5.91 Å². The summed E-state index contributed by atoms with van der Waals surface area (Å²) in [6.07, 6.45) is 0. The lowest BCUT2D eigenvalue weighted by atomic mass is 10.1. The third-order valence-corrected chi connectivity index (χ3v) is 5.52. The van der Waals surface area contributed by atoms with Crippen LogP contribution < -0.4 is 5.32 Å². The van der Waals surface area contributed by atoms with Crippen LogP contribution in [0.3, 0.4) is 0 Å². The van der Waals surface area contributed by atoms with Crippen molar-refractivity contribution < 1.29 is 4.79 Å². The van der Waals surface area contributed by atoms with E-state index in [1.54, 1.807) is 12.1 Å². The van der Waals surface area contributed by atoms with Gasteiger partial charge in [-0.05, 0) is 49.4 Å². The molecule has 0 radical (unpaired) electrons. The Balaban J connectivity index is 1.46. The van der Waals surface area contributed by atoms with Crippen LogP contribution in [-0.4, -0.2) is 20.7 Å². The number of nitrogens with one attached hydrogen (secondary N) is 2. The number of rotatable bonds is 4. The van der Waals surface area contributed by atoms with E-state index in [1.807, 2.05) is 42.5 Å². The molecule has 0 spiro atoms. The molecule has 30 heavy (non-hydrogen) atoms. The smallest absolute Gasteiger partial charge is 0.273 e. The zero-order valence-electron chi connectivity index (χ0n) is 16.3. The normalized spacial score (nSPS) is 11.3. The maximum absolute atomic E-state index is 12.8. The zero-order chi connectivity index (χ0) is 20.7. The van der Waals surface area contributed by atoms with Crippen LogP contribution in [0.25, 0.3) is 33.1 Å². The molecular formula is C24H19ClN4O. The minimum Gasteiger partial charge on any atom is -0.341 e. The number of carbonyl (C=O) groups is 1. The van der Waals surface area contributed by atoms with Gasteiger partial charge in [-0.3, -0.25) is 9.89 Å². The summed E-state index contributed by atoms with van der Waals surface area (Å²) in [4.78, 5) is 12.8. The monoisotopic (exact) mass is 414 g/mol. The second kappa shape index (κ2) is 7.35. The number of para-hydroxylation sites is 1. The molecule has 3 aromatic carbocycles. The van der Waals surface area contributed by atoms with Crippen LogP contribution in [-0.2, 0) is 6.54 Å². The maximum atomic E-state index is 12.8. The van der Waals surface area contributed by atoms with Gasteiger partial charge < -0.3 is 9.88 Å². The third-order valence-electron chi connectivity index (χ3n) is 5.29. The van der Waals surface area contributed by atoms with Gasteiger partial charge >= 0.3 is 0 Å². The highest BCUT2D eigenvalue weighted by molar-refractivity contribution is 6.30. The molecule has 0 aliphatic heterocycles. The number of anilines is 1. The van der Waals surface area contributed by atoms with Gasteiger partial charge in [-0.15, -0.1) is 0 Å². The van der Waals surface area contributed by atoms with Crippen molar-refractivity contribution in [3.05, 3.63) is 83.5 Å². The number of H-pyrrole nitrogens is 1. The van der Waals surface area contributed by atoms with E-state index in [0.717, 1.165) is 28.7 Å². The van der Waals surface area contributed by atoms with Crippen molar-refractivity contribution in [2.45, 2.75) is 13.5 Å². The molecule has 0 saturated heterocycles. The molecule has 5 aromatic rings. The summed E-state index contributed by atoms with van der Waals surface area (Å²) in [5.74, 6) is -0.241. The Morgan fingerprint density at radius 1 is 1.00 bits per heavy atom. The lowest BCUT2D eigenvalue weighted by Crippen LogP contribution is -2.12. The predicted octanol–water partition coefficient (Wildman–Crippen LogP) is 6.11. The standard InChI is InChI=1S/C24H19ClN4O/c1-2-29-22-9-4-3-8-18(22)19-13-17(10-11-23(19)29)26-24(30)21-14-20(27-28-21)15-6-5-7-16(25)12-15/h3-14H,2H2,1H3,(H,26,30)(H,27,28). The molecule has 0 aliphatic rings. The van der Waals surface area contributed by atoms with Gasteiger partial charge in [-0.25, -0.2) is 0 Å². The van der Waals surface area contributed by atoms with E-state index < -0.39 is 0 Å². The van der Waals surface area contributed by atoms with Crippen LogP contribution in [0.5, 0.6) is 0 Å². The number of carbonyl (C=O) groups excluding carboxylic acids is 1. The molecule has 0 unspecified atom stereocenters. The van der Waals surface area contributed by atoms with Crippen molar-refractivity contribution in [3.63, 3.8) is 0 Å². The molecular weight excluding hydrogens is 396 g/mol. The summed E-state index contributed by atoms with van der Waals surface area (Å²) in [5, 5.41) is 13.0. The Morgan fingerprint density at radius 2 is 1.83 bits per heavy atom. The van der Waals surface area contributed by atoms with E-state index in [4.69, 9.17) is 11.6 Å². The minimum absolute atomic E-state index is 0.241. The number of hydrogen-bond acceptors (Lipinski definition) is 2. The van der Waals surface area contributed by atoms with Gasteiger partial charge in [0.1, 0.15) is 5.69 Å². The molecule has 5 nitrogen and oxygen atoms in total. The van der Waals surface area contributed by atoms with E-state index >= 15 is 0 Å². The molecule has 0 bridgehead atoms. The molecule has 2 aromatic heterocycles. The Bertz CT molecular complexity index is 1400. The first kappa shape index (κ1) is 18.5. The number of aryl methyl sites for hydroxylation is 1. The molecule has 6 heteroatoms. The van der Waals surface area contributed by atoms with Gasteiger partial charge in [0, 0.05) is 44.6 Å². The molecule has 0 saturated carbocycles. The SMILES string of the molecule is CCn1c2ccccc2c2cc(NC(=O)c3cc(-c4cccc(Cl)c4)n[nH]3)ccc21. The van der Waals surface area contributed by atoms with Crippen molar-refractivity contribution in [1.29, 1.82) is 0 Å². The number of aromatic amines is 1. The van der Waals surface area contributed by atoms with Crippen molar-refractivity contribution in [2.75, 3.05) is 5.32 Å². The highest BCUT2D eigenvalue weighted by atomic mass is 35.5. The number of halogens is 1. The Labute approximate surface area is 178 Å². The molecule has 2 heterocycles. The lowest BCUT2D eigenvalue weighted by Gasteiger charge is -2.05. The highest BCUT2D eigenvalue weighted by Gasteiger charge is 2.14. The summed E-state index contributed by atoms with van der Waals surface area (Å²) in [6.45, 7) is 3.02. The van der Waals surface area contributed by atoms with E-state index in [9.17, 15) is 4.79 Å². The van der Waals surface area contributed by atoms with Gasteiger partial charge in [0.2, 0.25) is 0 Å². The van der Waals surface area contributed by atoms with Gasteiger partial charge in [0.05, 0.1) is 5.69 Å². The van der Waals surface area contributed by atoms with Crippen LogP contribution in [0, 0.1) is 0 Å². The van der Waals surface area contributed by atoms with Gasteiger partial charge in [0.15, 0.2) is 0 Å².